The van der Waals surface area contributed by atoms with Gasteiger partial charge in [0.15, 0.2) is 5.13 Å². The topological polar surface area (TPSA) is 74.3 Å². The number of carbonyl (C=O) groups excluding carboxylic acids is 2. The van der Waals surface area contributed by atoms with Crippen molar-refractivity contribution in [2.24, 2.45) is 0 Å². The molecule has 2 N–H and O–H groups in total. The summed E-state index contributed by atoms with van der Waals surface area (Å²) in [5.74, 6) is -0.202. The van der Waals surface area contributed by atoms with E-state index >= 15 is 0 Å². The molecule has 1 saturated heterocycles. The third-order valence-electron chi connectivity index (χ3n) is 6.39. The molecule has 5 rings (SSSR count). The van der Waals surface area contributed by atoms with Crippen molar-refractivity contribution in [2.75, 3.05) is 17.2 Å². The molecule has 1 unspecified atom stereocenters. The van der Waals surface area contributed by atoms with Crippen LogP contribution in [0, 0.1) is 6.92 Å². The molecule has 3 aromatic carbocycles. The van der Waals surface area contributed by atoms with Crippen LogP contribution in [-0.2, 0) is 11.2 Å². The number of amides is 3. The molecule has 1 aromatic heterocycles. The number of hydrogen-bond donors (Lipinski definition) is 2. The number of rotatable bonds is 6. The number of aryl methyl sites for hydroxylation is 1. The second kappa shape index (κ2) is 10.7. The molecule has 7 heteroatoms. The number of carbonyl (C=O) groups is 2. The molecule has 3 amide bonds. The van der Waals surface area contributed by atoms with Gasteiger partial charge in [-0.15, -0.1) is 11.3 Å². The first-order valence-electron chi connectivity index (χ1n) is 12.1. The standard InChI is InChI=1S/C29H28N4O2S/c1-20-11-8-9-16-23(20)30-29(35)33-18-10-17-24(33)27(34)32-28-31-26(22-14-6-3-7-15-22)25(36-28)19-21-12-4-2-5-13-21/h2-9,11-16,24H,10,17-19H2,1H3,(H,30,35)(H,31,32,34). The number of anilines is 2. The number of benzene rings is 3. The van der Waals surface area contributed by atoms with E-state index in [0.717, 1.165) is 40.2 Å². The molecule has 0 spiro atoms. The second-order valence-corrected chi connectivity index (χ2v) is 9.99. The van der Waals surface area contributed by atoms with Crippen molar-refractivity contribution in [3.63, 3.8) is 0 Å². The summed E-state index contributed by atoms with van der Waals surface area (Å²) < 4.78 is 0. The van der Waals surface area contributed by atoms with Crippen molar-refractivity contribution in [2.45, 2.75) is 32.2 Å². The number of nitrogens with zero attached hydrogens (tertiary/aromatic N) is 2. The number of urea groups is 1. The lowest BCUT2D eigenvalue weighted by atomic mass is 10.1. The number of hydrogen-bond acceptors (Lipinski definition) is 4. The molecule has 2 heterocycles. The van der Waals surface area contributed by atoms with Crippen LogP contribution >= 0.6 is 11.3 Å². The van der Waals surface area contributed by atoms with E-state index in [9.17, 15) is 9.59 Å². The molecule has 1 fully saturated rings. The third kappa shape index (κ3) is 5.31. The quantitative estimate of drug-likeness (QED) is 0.327. The van der Waals surface area contributed by atoms with E-state index in [-0.39, 0.29) is 11.9 Å². The lowest BCUT2D eigenvalue weighted by molar-refractivity contribution is -0.119. The lowest BCUT2D eigenvalue weighted by Crippen LogP contribution is -2.45. The monoisotopic (exact) mass is 496 g/mol. The highest BCUT2D eigenvalue weighted by Gasteiger charge is 2.35. The molecule has 36 heavy (non-hydrogen) atoms. The Morgan fingerprint density at radius 1 is 0.944 bits per heavy atom. The second-order valence-electron chi connectivity index (χ2n) is 8.90. The largest absolute Gasteiger partial charge is 0.322 e. The van der Waals surface area contributed by atoms with Gasteiger partial charge < -0.3 is 15.5 Å². The maximum Gasteiger partial charge on any atom is 0.322 e. The zero-order valence-corrected chi connectivity index (χ0v) is 20.9. The zero-order valence-electron chi connectivity index (χ0n) is 20.1. The van der Waals surface area contributed by atoms with Gasteiger partial charge in [-0.1, -0.05) is 78.9 Å². The van der Waals surface area contributed by atoms with Crippen molar-refractivity contribution in [3.05, 3.63) is 101 Å². The number of nitrogens with one attached hydrogen (secondary N) is 2. The smallest absolute Gasteiger partial charge is 0.312 e. The first-order chi connectivity index (χ1) is 17.6. The van der Waals surface area contributed by atoms with Crippen LogP contribution in [0.15, 0.2) is 84.9 Å². The highest BCUT2D eigenvalue weighted by atomic mass is 32.1. The van der Waals surface area contributed by atoms with Crippen molar-refractivity contribution in [3.8, 4) is 11.3 Å². The SMILES string of the molecule is Cc1ccccc1NC(=O)N1CCCC1C(=O)Nc1nc(-c2ccccc2)c(Cc2ccccc2)s1. The van der Waals surface area contributed by atoms with E-state index in [1.165, 1.54) is 16.9 Å². The summed E-state index contributed by atoms with van der Waals surface area (Å²) in [5, 5.41) is 6.52. The van der Waals surface area contributed by atoms with Crippen molar-refractivity contribution >= 4 is 34.1 Å². The molecule has 1 aliphatic rings. The van der Waals surface area contributed by atoms with Crippen molar-refractivity contribution < 1.29 is 9.59 Å². The number of likely N-dealkylation sites (tertiary alicyclic amines) is 1. The van der Waals surface area contributed by atoms with Crippen molar-refractivity contribution in [1.82, 2.24) is 9.88 Å². The van der Waals surface area contributed by atoms with Crippen LogP contribution in [0.3, 0.4) is 0 Å². The Morgan fingerprint density at radius 3 is 2.39 bits per heavy atom. The highest BCUT2D eigenvalue weighted by molar-refractivity contribution is 7.16. The summed E-state index contributed by atoms with van der Waals surface area (Å²) in [6.07, 6.45) is 2.14. The van der Waals surface area contributed by atoms with Crippen LogP contribution in [0.25, 0.3) is 11.3 Å². The minimum Gasteiger partial charge on any atom is -0.312 e. The van der Waals surface area contributed by atoms with E-state index in [1.807, 2.05) is 79.7 Å². The minimum atomic E-state index is -0.532. The number of thiazole rings is 1. The summed E-state index contributed by atoms with van der Waals surface area (Å²) in [5.41, 5.74) is 4.81. The van der Waals surface area contributed by atoms with Gasteiger partial charge in [0.1, 0.15) is 6.04 Å². The van der Waals surface area contributed by atoms with Gasteiger partial charge >= 0.3 is 6.03 Å². The number of para-hydroxylation sites is 1. The maximum absolute atomic E-state index is 13.3. The molecule has 6 nitrogen and oxygen atoms in total. The molecule has 1 aliphatic heterocycles. The van der Waals surface area contributed by atoms with Crippen molar-refractivity contribution in [1.29, 1.82) is 0 Å². The Hall–Kier alpha value is -3.97. The van der Waals surface area contributed by atoms with Gasteiger partial charge in [0, 0.05) is 29.1 Å². The minimum absolute atomic E-state index is 0.202. The van der Waals surface area contributed by atoms with Gasteiger partial charge in [-0.2, -0.15) is 0 Å². The Morgan fingerprint density at radius 2 is 1.64 bits per heavy atom. The molecule has 4 aromatic rings. The Balaban J connectivity index is 1.34. The maximum atomic E-state index is 13.3. The molecule has 0 saturated carbocycles. The number of aromatic nitrogens is 1. The first-order valence-corrected chi connectivity index (χ1v) is 12.9. The fourth-order valence-corrected chi connectivity index (χ4v) is 5.52. The summed E-state index contributed by atoms with van der Waals surface area (Å²) in [6, 6.07) is 27.1. The van der Waals surface area contributed by atoms with Gasteiger partial charge in [-0.05, 0) is 37.0 Å². The van der Waals surface area contributed by atoms with Gasteiger partial charge in [0.2, 0.25) is 5.91 Å². The normalized spacial score (nSPS) is 15.0. The molecule has 0 bridgehead atoms. The summed E-state index contributed by atoms with van der Waals surface area (Å²) in [6.45, 7) is 2.49. The Labute approximate surface area is 215 Å². The van der Waals surface area contributed by atoms with E-state index in [1.54, 1.807) is 4.90 Å². The van der Waals surface area contributed by atoms with Crippen LogP contribution in [0.5, 0.6) is 0 Å². The van der Waals surface area contributed by atoms with Crippen LogP contribution in [0.4, 0.5) is 15.6 Å². The van der Waals surface area contributed by atoms with Gasteiger partial charge in [-0.25, -0.2) is 9.78 Å². The molecule has 1 atom stereocenters. The fraction of sp³-hybridized carbons (Fsp3) is 0.207. The highest BCUT2D eigenvalue weighted by Crippen LogP contribution is 2.33. The molecule has 0 radical (unpaired) electrons. The lowest BCUT2D eigenvalue weighted by Gasteiger charge is -2.24. The van der Waals surface area contributed by atoms with Crippen LogP contribution < -0.4 is 10.6 Å². The van der Waals surface area contributed by atoms with E-state index in [4.69, 9.17) is 4.98 Å². The summed E-state index contributed by atoms with van der Waals surface area (Å²) >= 11 is 1.49. The van der Waals surface area contributed by atoms with E-state index < -0.39 is 6.04 Å². The predicted molar refractivity (Wildman–Crippen MR) is 145 cm³/mol. The zero-order chi connectivity index (χ0) is 24.9. The molecule has 0 aliphatic carbocycles. The van der Waals surface area contributed by atoms with E-state index in [2.05, 4.69) is 22.8 Å². The molecule has 182 valence electrons. The Bertz CT molecular complexity index is 1350. The predicted octanol–water partition coefficient (Wildman–Crippen LogP) is 6.34. The van der Waals surface area contributed by atoms with Crippen LogP contribution in [0.1, 0.15) is 28.8 Å². The molecular weight excluding hydrogens is 468 g/mol. The van der Waals surface area contributed by atoms with E-state index in [0.29, 0.717) is 18.1 Å². The van der Waals surface area contributed by atoms with Gasteiger partial charge in [0.25, 0.3) is 0 Å². The van der Waals surface area contributed by atoms with Gasteiger partial charge in [0.05, 0.1) is 5.69 Å². The van der Waals surface area contributed by atoms with Gasteiger partial charge in [-0.3, -0.25) is 4.79 Å². The fourth-order valence-electron chi connectivity index (χ4n) is 4.50. The average Bonchev–Trinajstić information content (AvgIpc) is 3.54. The summed E-state index contributed by atoms with van der Waals surface area (Å²) in [4.78, 5) is 33.8. The average molecular weight is 497 g/mol. The molecular formula is C29H28N4O2S. The van der Waals surface area contributed by atoms with Crippen LogP contribution in [-0.4, -0.2) is 34.4 Å². The first kappa shape index (κ1) is 23.8. The Kier molecular flexibility index (Phi) is 7.09. The summed E-state index contributed by atoms with van der Waals surface area (Å²) in [7, 11) is 0. The third-order valence-corrected chi connectivity index (χ3v) is 7.36. The van der Waals surface area contributed by atoms with Crippen LogP contribution in [0.2, 0.25) is 0 Å².